The number of benzene rings is 2. The van der Waals surface area contributed by atoms with Crippen LogP contribution in [-0.2, 0) is 9.53 Å². The zero-order valence-electron chi connectivity index (χ0n) is 16.1. The predicted molar refractivity (Wildman–Crippen MR) is 112 cm³/mol. The average molecular weight is 397 g/mol. The number of aromatic nitrogens is 2. The smallest absolute Gasteiger partial charge is 0.315 e. The molecule has 3 aromatic rings. The van der Waals surface area contributed by atoms with Gasteiger partial charge in [0.15, 0.2) is 0 Å². The second-order valence-electron chi connectivity index (χ2n) is 7.42. The highest BCUT2D eigenvalue weighted by atomic mass is 35.5. The summed E-state index contributed by atoms with van der Waals surface area (Å²) in [6.07, 6.45) is 5.65. The first-order valence-corrected chi connectivity index (χ1v) is 10.5. The number of carbonyl (C=O) groups is 1. The van der Waals surface area contributed by atoms with E-state index in [1.807, 2.05) is 54.1 Å². The molecule has 28 heavy (non-hydrogen) atoms. The van der Waals surface area contributed by atoms with Gasteiger partial charge in [-0.15, -0.1) is 0 Å². The summed E-state index contributed by atoms with van der Waals surface area (Å²) >= 11 is 6.09. The number of hydrogen-bond acceptors (Lipinski definition) is 3. The molecule has 4 rings (SSSR count). The van der Waals surface area contributed by atoms with Gasteiger partial charge >= 0.3 is 5.97 Å². The zero-order valence-corrected chi connectivity index (χ0v) is 16.9. The quantitative estimate of drug-likeness (QED) is 0.504. The predicted octanol–water partition coefficient (Wildman–Crippen LogP) is 5.91. The first-order chi connectivity index (χ1) is 13.7. The maximum Gasteiger partial charge on any atom is 0.315 e. The molecule has 146 valence electrons. The van der Waals surface area contributed by atoms with Crippen molar-refractivity contribution in [1.82, 2.24) is 9.78 Å². The fourth-order valence-corrected chi connectivity index (χ4v) is 4.48. The molecular formula is C23H25ClN2O2. The lowest BCUT2D eigenvalue weighted by Crippen LogP contribution is -2.28. The number of halogens is 1. The van der Waals surface area contributed by atoms with Crippen molar-refractivity contribution in [2.24, 2.45) is 5.92 Å². The highest BCUT2D eigenvalue weighted by Crippen LogP contribution is 2.40. The van der Waals surface area contributed by atoms with Gasteiger partial charge in [-0.2, -0.15) is 5.10 Å². The number of carbonyl (C=O) groups excluding carboxylic acids is 1. The summed E-state index contributed by atoms with van der Waals surface area (Å²) in [6.45, 7) is 2.25. The topological polar surface area (TPSA) is 44.1 Å². The number of rotatable bonds is 5. The lowest BCUT2D eigenvalue weighted by atomic mass is 9.77. The number of nitrogens with zero attached hydrogens (tertiary/aromatic N) is 2. The summed E-state index contributed by atoms with van der Waals surface area (Å²) in [5, 5.41) is 6.53. The Balaban J connectivity index is 1.91. The van der Waals surface area contributed by atoms with E-state index in [-0.39, 0.29) is 17.8 Å². The molecule has 1 saturated carbocycles. The second kappa shape index (κ2) is 8.36. The molecular weight excluding hydrogens is 372 g/mol. The van der Waals surface area contributed by atoms with Crippen molar-refractivity contribution in [3.8, 4) is 5.69 Å². The van der Waals surface area contributed by atoms with Gasteiger partial charge in [-0.3, -0.25) is 4.79 Å². The standard InChI is InChI=1S/C23H25ClN2O2/c1-2-28-23(27)21(16-8-4-3-5-9-16)22-19-10-6-7-11-20(19)25-26(22)18-14-12-17(24)13-15-18/h6-7,10-16,21H,2-5,8-9H2,1H3. The van der Waals surface area contributed by atoms with Crippen molar-refractivity contribution in [2.75, 3.05) is 6.61 Å². The first-order valence-electron chi connectivity index (χ1n) is 10.1. The van der Waals surface area contributed by atoms with E-state index in [0.717, 1.165) is 48.0 Å². The van der Waals surface area contributed by atoms with Crippen LogP contribution in [0.2, 0.25) is 5.02 Å². The SMILES string of the molecule is CCOC(=O)C(c1c2ccccc2nn1-c1ccc(Cl)cc1)C1CCCCC1. The minimum absolute atomic E-state index is 0.143. The third-order valence-electron chi connectivity index (χ3n) is 5.64. The van der Waals surface area contributed by atoms with Crippen molar-refractivity contribution >= 4 is 28.5 Å². The van der Waals surface area contributed by atoms with Gasteiger partial charge in [0.05, 0.1) is 23.5 Å². The maximum absolute atomic E-state index is 13.1. The number of ether oxygens (including phenoxy) is 1. The summed E-state index contributed by atoms with van der Waals surface area (Å²) in [5.74, 6) is -0.183. The van der Waals surface area contributed by atoms with Gasteiger partial charge in [0.1, 0.15) is 5.92 Å². The fraction of sp³-hybridized carbons (Fsp3) is 0.391. The van der Waals surface area contributed by atoms with E-state index in [9.17, 15) is 4.79 Å². The van der Waals surface area contributed by atoms with Crippen LogP contribution in [0.1, 0.15) is 50.6 Å². The Bertz CT molecular complexity index is 958. The van der Waals surface area contributed by atoms with Crippen LogP contribution in [-0.4, -0.2) is 22.4 Å². The van der Waals surface area contributed by atoms with Gasteiger partial charge in [-0.25, -0.2) is 4.68 Å². The van der Waals surface area contributed by atoms with Crippen molar-refractivity contribution in [3.63, 3.8) is 0 Å². The lowest BCUT2D eigenvalue weighted by molar-refractivity contribution is -0.146. The van der Waals surface area contributed by atoms with E-state index in [2.05, 4.69) is 6.07 Å². The van der Waals surface area contributed by atoms with Crippen LogP contribution in [0, 0.1) is 5.92 Å². The van der Waals surface area contributed by atoms with Crippen LogP contribution in [0.3, 0.4) is 0 Å². The Morgan fingerprint density at radius 2 is 1.86 bits per heavy atom. The molecule has 2 aromatic carbocycles. The summed E-state index contributed by atoms with van der Waals surface area (Å²) in [6, 6.07) is 15.6. The van der Waals surface area contributed by atoms with Crippen LogP contribution in [0.5, 0.6) is 0 Å². The molecule has 0 N–H and O–H groups in total. The van der Waals surface area contributed by atoms with Crippen LogP contribution in [0.4, 0.5) is 0 Å². The monoisotopic (exact) mass is 396 g/mol. The molecule has 0 radical (unpaired) electrons. The molecule has 4 nitrogen and oxygen atoms in total. The molecule has 1 fully saturated rings. The Morgan fingerprint density at radius 3 is 2.57 bits per heavy atom. The summed E-state index contributed by atoms with van der Waals surface area (Å²) in [7, 11) is 0. The van der Waals surface area contributed by atoms with E-state index in [0.29, 0.717) is 11.6 Å². The molecule has 1 aliphatic rings. The Kier molecular flexibility index (Phi) is 5.67. The first kappa shape index (κ1) is 19.0. The van der Waals surface area contributed by atoms with Gasteiger partial charge < -0.3 is 4.74 Å². The van der Waals surface area contributed by atoms with E-state index in [1.165, 1.54) is 6.42 Å². The Labute approximate surface area is 170 Å². The molecule has 1 atom stereocenters. The zero-order chi connectivity index (χ0) is 19.5. The second-order valence-corrected chi connectivity index (χ2v) is 7.85. The van der Waals surface area contributed by atoms with Crippen molar-refractivity contribution in [2.45, 2.75) is 44.9 Å². The van der Waals surface area contributed by atoms with Crippen molar-refractivity contribution in [1.29, 1.82) is 0 Å². The highest BCUT2D eigenvalue weighted by molar-refractivity contribution is 6.30. The van der Waals surface area contributed by atoms with E-state index >= 15 is 0 Å². The fourth-order valence-electron chi connectivity index (χ4n) is 4.36. The van der Waals surface area contributed by atoms with Gasteiger partial charge in [0.2, 0.25) is 0 Å². The molecule has 0 bridgehead atoms. The van der Waals surface area contributed by atoms with E-state index in [4.69, 9.17) is 21.4 Å². The molecule has 5 heteroatoms. The molecule has 0 aliphatic heterocycles. The largest absolute Gasteiger partial charge is 0.465 e. The number of esters is 1. The third kappa shape index (κ3) is 3.66. The van der Waals surface area contributed by atoms with Crippen molar-refractivity contribution in [3.05, 3.63) is 59.2 Å². The lowest BCUT2D eigenvalue weighted by Gasteiger charge is -2.29. The normalized spacial score (nSPS) is 16.2. The van der Waals surface area contributed by atoms with Crippen LogP contribution >= 0.6 is 11.6 Å². The molecule has 0 spiro atoms. The molecule has 0 amide bonds. The highest BCUT2D eigenvalue weighted by Gasteiger charge is 2.36. The minimum Gasteiger partial charge on any atom is -0.465 e. The van der Waals surface area contributed by atoms with E-state index in [1.54, 1.807) is 0 Å². The minimum atomic E-state index is -0.316. The maximum atomic E-state index is 13.1. The molecule has 1 aromatic heterocycles. The third-order valence-corrected chi connectivity index (χ3v) is 5.90. The molecule has 1 unspecified atom stereocenters. The van der Waals surface area contributed by atoms with Gasteiger partial charge in [0, 0.05) is 10.4 Å². The van der Waals surface area contributed by atoms with Gasteiger partial charge in [-0.1, -0.05) is 49.1 Å². The molecule has 1 heterocycles. The molecule has 1 aliphatic carbocycles. The Hall–Kier alpha value is -2.33. The summed E-state index contributed by atoms with van der Waals surface area (Å²) in [5.41, 5.74) is 2.72. The van der Waals surface area contributed by atoms with Crippen LogP contribution < -0.4 is 0 Å². The van der Waals surface area contributed by atoms with Crippen LogP contribution in [0.25, 0.3) is 16.6 Å². The van der Waals surface area contributed by atoms with Crippen LogP contribution in [0.15, 0.2) is 48.5 Å². The number of fused-ring (bicyclic) bond motifs is 1. The van der Waals surface area contributed by atoms with Crippen molar-refractivity contribution < 1.29 is 9.53 Å². The van der Waals surface area contributed by atoms with Gasteiger partial charge in [-0.05, 0) is 56.0 Å². The number of hydrogen-bond donors (Lipinski definition) is 0. The molecule has 0 saturated heterocycles. The average Bonchev–Trinajstić information content (AvgIpc) is 3.09. The van der Waals surface area contributed by atoms with E-state index < -0.39 is 0 Å². The van der Waals surface area contributed by atoms with Gasteiger partial charge in [0.25, 0.3) is 0 Å². The summed E-state index contributed by atoms with van der Waals surface area (Å²) < 4.78 is 7.45. The Morgan fingerprint density at radius 1 is 1.14 bits per heavy atom. The summed E-state index contributed by atoms with van der Waals surface area (Å²) in [4.78, 5) is 13.1.